The van der Waals surface area contributed by atoms with E-state index < -0.39 is 17.4 Å². The third-order valence-corrected chi connectivity index (χ3v) is 3.69. The second-order valence-electron chi connectivity index (χ2n) is 5.10. The molecule has 3 rings (SSSR count). The minimum Gasteiger partial charge on any atom is -0.479 e. The number of carbonyl (C=O) groups excluding carboxylic acids is 1. The topological polar surface area (TPSA) is 26.3 Å². The molecule has 0 atom stereocenters. The maximum Gasteiger partial charge on any atom is 0.200 e. The molecule has 0 spiro atoms. The van der Waals surface area contributed by atoms with E-state index in [0.29, 0.717) is 5.56 Å². The Hall–Kier alpha value is -2.23. The van der Waals surface area contributed by atoms with Crippen LogP contribution in [-0.2, 0) is 12.8 Å². The third-order valence-electron chi connectivity index (χ3n) is 3.69. The Balaban J connectivity index is 1.72. The zero-order valence-electron chi connectivity index (χ0n) is 11.4. The average molecular weight is 288 g/mol. The Morgan fingerprint density at radius 1 is 1.05 bits per heavy atom. The lowest BCUT2D eigenvalue weighted by Gasteiger charge is -2.08. The molecular formula is C17H14F2O2. The first-order valence-electron chi connectivity index (χ1n) is 6.87. The number of rotatable bonds is 4. The number of carbonyl (C=O) groups is 1. The van der Waals surface area contributed by atoms with Crippen molar-refractivity contribution in [1.29, 1.82) is 0 Å². The van der Waals surface area contributed by atoms with E-state index in [1.165, 1.54) is 17.2 Å². The number of halogens is 2. The van der Waals surface area contributed by atoms with E-state index in [-0.39, 0.29) is 12.4 Å². The van der Waals surface area contributed by atoms with Crippen LogP contribution in [0.5, 0.6) is 5.75 Å². The van der Waals surface area contributed by atoms with Crippen LogP contribution in [0.3, 0.4) is 0 Å². The lowest BCUT2D eigenvalue weighted by atomic mass is 10.0. The minimum absolute atomic E-state index is 0.285. The van der Waals surface area contributed by atoms with Gasteiger partial charge < -0.3 is 4.74 Å². The Morgan fingerprint density at radius 2 is 1.76 bits per heavy atom. The maximum absolute atomic E-state index is 13.4. The smallest absolute Gasteiger partial charge is 0.200 e. The molecule has 1 aliphatic carbocycles. The first-order chi connectivity index (χ1) is 10.1. The SMILES string of the molecule is O=C(COc1c(F)cccc1F)c1ccc2c(c1)CCC2. The van der Waals surface area contributed by atoms with E-state index in [9.17, 15) is 13.6 Å². The van der Waals surface area contributed by atoms with E-state index in [1.807, 2.05) is 12.1 Å². The van der Waals surface area contributed by atoms with Crippen molar-refractivity contribution in [3.05, 3.63) is 64.7 Å². The zero-order valence-corrected chi connectivity index (χ0v) is 11.4. The summed E-state index contributed by atoms with van der Waals surface area (Å²) in [6, 6.07) is 8.98. The van der Waals surface area contributed by atoms with Crippen molar-refractivity contribution >= 4 is 5.78 Å². The Labute approximate surface area is 121 Å². The molecular weight excluding hydrogens is 274 g/mol. The number of hydrogen-bond donors (Lipinski definition) is 0. The fourth-order valence-corrected chi connectivity index (χ4v) is 2.59. The second kappa shape index (κ2) is 5.64. The first-order valence-corrected chi connectivity index (χ1v) is 6.87. The van der Waals surface area contributed by atoms with Crippen LogP contribution in [0.15, 0.2) is 36.4 Å². The zero-order chi connectivity index (χ0) is 14.8. The lowest BCUT2D eigenvalue weighted by molar-refractivity contribution is 0.0915. The van der Waals surface area contributed by atoms with E-state index in [4.69, 9.17) is 4.74 Å². The summed E-state index contributed by atoms with van der Waals surface area (Å²) in [5.41, 5.74) is 2.97. The number of benzene rings is 2. The van der Waals surface area contributed by atoms with Gasteiger partial charge in [-0.05, 0) is 48.6 Å². The molecule has 0 amide bonds. The van der Waals surface area contributed by atoms with Crippen LogP contribution in [0.25, 0.3) is 0 Å². The molecule has 0 aliphatic heterocycles. The van der Waals surface area contributed by atoms with Crippen LogP contribution < -0.4 is 4.74 Å². The van der Waals surface area contributed by atoms with Gasteiger partial charge in [0.25, 0.3) is 0 Å². The molecule has 108 valence electrons. The Kier molecular flexibility index (Phi) is 3.69. The van der Waals surface area contributed by atoms with Crippen molar-refractivity contribution in [1.82, 2.24) is 0 Å². The highest BCUT2D eigenvalue weighted by Crippen LogP contribution is 2.24. The summed E-state index contributed by atoms with van der Waals surface area (Å²) in [6.07, 6.45) is 3.11. The van der Waals surface area contributed by atoms with Crippen LogP contribution >= 0.6 is 0 Å². The molecule has 2 aromatic carbocycles. The minimum atomic E-state index is -0.809. The molecule has 0 saturated carbocycles. The van der Waals surface area contributed by atoms with Crippen LogP contribution in [-0.4, -0.2) is 12.4 Å². The van der Waals surface area contributed by atoms with Gasteiger partial charge in [-0.2, -0.15) is 0 Å². The molecule has 0 bridgehead atoms. The predicted molar refractivity (Wildman–Crippen MR) is 74.7 cm³/mol. The van der Waals surface area contributed by atoms with Crippen molar-refractivity contribution in [2.45, 2.75) is 19.3 Å². The van der Waals surface area contributed by atoms with Crippen molar-refractivity contribution in [2.24, 2.45) is 0 Å². The van der Waals surface area contributed by atoms with Crippen LogP contribution in [0.2, 0.25) is 0 Å². The van der Waals surface area contributed by atoms with Crippen LogP contribution in [0, 0.1) is 11.6 Å². The standard InChI is InChI=1S/C17H14F2O2/c18-14-5-2-6-15(19)17(14)21-10-16(20)13-8-7-11-3-1-4-12(11)9-13/h2,5-9H,1,3-4,10H2. The van der Waals surface area contributed by atoms with Crippen molar-refractivity contribution in [3.8, 4) is 5.75 Å². The summed E-state index contributed by atoms with van der Waals surface area (Å²) in [6.45, 7) is -0.378. The molecule has 0 radical (unpaired) electrons. The number of ether oxygens (including phenoxy) is 1. The van der Waals surface area contributed by atoms with Gasteiger partial charge >= 0.3 is 0 Å². The highest BCUT2D eigenvalue weighted by Gasteiger charge is 2.16. The van der Waals surface area contributed by atoms with Crippen LogP contribution in [0.1, 0.15) is 27.9 Å². The van der Waals surface area contributed by atoms with Crippen molar-refractivity contribution in [3.63, 3.8) is 0 Å². The van der Waals surface area contributed by atoms with Gasteiger partial charge in [0.2, 0.25) is 0 Å². The van der Waals surface area contributed by atoms with Gasteiger partial charge in [-0.25, -0.2) is 8.78 Å². The quantitative estimate of drug-likeness (QED) is 0.802. The average Bonchev–Trinajstić information content (AvgIpc) is 2.93. The second-order valence-corrected chi connectivity index (χ2v) is 5.10. The summed E-state index contributed by atoms with van der Waals surface area (Å²) < 4.78 is 31.8. The molecule has 0 saturated heterocycles. The van der Waals surface area contributed by atoms with E-state index in [0.717, 1.165) is 31.4 Å². The van der Waals surface area contributed by atoms with E-state index in [1.54, 1.807) is 6.07 Å². The molecule has 0 aromatic heterocycles. The maximum atomic E-state index is 13.4. The van der Waals surface area contributed by atoms with Gasteiger partial charge in [0, 0.05) is 5.56 Å². The first kappa shape index (κ1) is 13.7. The molecule has 0 heterocycles. The monoisotopic (exact) mass is 288 g/mol. The number of Topliss-reactive ketones (excluding diaryl/α,β-unsaturated/α-hetero) is 1. The molecule has 2 aromatic rings. The van der Waals surface area contributed by atoms with Gasteiger partial charge in [0.1, 0.15) is 0 Å². The molecule has 1 aliphatic rings. The van der Waals surface area contributed by atoms with Crippen molar-refractivity contribution < 1.29 is 18.3 Å². The summed E-state index contributed by atoms with van der Waals surface area (Å²) in [5.74, 6) is -2.41. The lowest BCUT2D eigenvalue weighted by Crippen LogP contribution is -2.13. The van der Waals surface area contributed by atoms with Gasteiger partial charge in [-0.1, -0.05) is 18.2 Å². The highest BCUT2D eigenvalue weighted by atomic mass is 19.1. The highest BCUT2D eigenvalue weighted by molar-refractivity contribution is 5.97. The molecule has 21 heavy (non-hydrogen) atoms. The third kappa shape index (κ3) is 2.79. The number of aryl methyl sites for hydroxylation is 2. The number of para-hydroxylation sites is 1. The fraction of sp³-hybridized carbons (Fsp3) is 0.235. The normalized spacial score (nSPS) is 13.0. The Morgan fingerprint density at radius 3 is 2.52 bits per heavy atom. The molecule has 0 unspecified atom stereocenters. The van der Waals surface area contributed by atoms with Gasteiger partial charge in [0.05, 0.1) is 0 Å². The van der Waals surface area contributed by atoms with Gasteiger partial charge in [-0.3, -0.25) is 4.79 Å². The number of ketones is 1. The van der Waals surface area contributed by atoms with Gasteiger partial charge in [-0.15, -0.1) is 0 Å². The predicted octanol–water partition coefficient (Wildman–Crippen LogP) is 3.72. The molecule has 0 N–H and O–H groups in total. The molecule has 4 heteroatoms. The van der Waals surface area contributed by atoms with E-state index >= 15 is 0 Å². The number of hydrogen-bond acceptors (Lipinski definition) is 2. The van der Waals surface area contributed by atoms with Crippen LogP contribution in [0.4, 0.5) is 8.78 Å². The van der Waals surface area contributed by atoms with E-state index in [2.05, 4.69) is 0 Å². The largest absolute Gasteiger partial charge is 0.479 e. The molecule has 2 nitrogen and oxygen atoms in total. The summed E-state index contributed by atoms with van der Waals surface area (Å²) in [5, 5.41) is 0. The summed E-state index contributed by atoms with van der Waals surface area (Å²) in [7, 11) is 0. The molecule has 0 fully saturated rings. The summed E-state index contributed by atoms with van der Waals surface area (Å²) in [4.78, 5) is 12.1. The summed E-state index contributed by atoms with van der Waals surface area (Å²) >= 11 is 0. The fourth-order valence-electron chi connectivity index (χ4n) is 2.59. The van der Waals surface area contributed by atoms with Crippen molar-refractivity contribution in [2.75, 3.05) is 6.61 Å². The number of fused-ring (bicyclic) bond motifs is 1. The Bertz CT molecular complexity index is 675. The van der Waals surface area contributed by atoms with Gasteiger partial charge in [0.15, 0.2) is 29.8 Å².